The van der Waals surface area contributed by atoms with E-state index in [1.165, 1.54) is 12.0 Å². The van der Waals surface area contributed by atoms with Crippen molar-refractivity contribution < 1.29 is 0 Å². The Morgan fingerprint density at radius 3 is 2.42 bits per heavy atom. The van der Waals surface area contributed by atoms with Crippen LogP contribution >= 0.6 is 12.2 Å². The first kappa shape index (κ1) is 18.6. The normalized spacial score (nSPS) is 21.1. The van der Waals surface area contributed by atoms with Crippen molar-refractivity contribution >= 4 is 28.8 Å². The lowest BCUT2D eigenvalue weighted by Crippen LogP contribution is -2.39. The molecule has 0 radical (unpaired) electrons. The molecular formula is C21H28N4S. The topological polar surface area (TPSA) is 40.2 Å². The van der Waals surface area contributed by atoms with Crippen LogP contribution in [0.2, 0.25) is 0 Å². The Hall–Kier alpha value is -2.14. The molecule has 0 aliphatic carbocycles. The maximum Gasteiger partial charge on any atom is 0.171 e. The quantitative estimate of drug-likeness (QED) is 0.771. The summed E-state index contributed by atoms with van der Waals surface area (Å²) in [7, 11) is 0. The Morgan fingerprint density at radius 2 is 1.81 bits per heavy atom. The van der Waals surface area contributed by atoms with Crippen LogP contribution in [0.3, 0.4) is 0 Å². The number of anilines is 2. The van der Waals surface area contributed by atoms with Gasteiger partial charge in [0.25, 0.3) is 0 Å². The molecule has 2 N–H and O–H groups in total. The van der Waals surface area contributed by atoms with Crippen molar-refractivity contribution in [2.24, 2.45) is 11.8 Å². The highest BCUT2D eigenvalue weighted by atomic mass is 32.1. The number of nitrogens with zero attached hydrogens (tertiary/aromatic N) is 2. The number of rotatable bonds is 4. The SMILES string of the molecule is CC1CC(C)CN(c2ccc(NC(=S)NC(C)c3ccccc3)cn2)C1. The van der Waals surface area contributed by atoms with Crippen molar-refractivity contribution in [2.75, 3.05) is 23.3 Å². The first-order chi connectivity index (χ1) is 12.5. The summed E-state index contributed by atoms with van der Waals surface area (Å²) in [5, 5.41) is 7.15. The highest BCUT2D eigenvalue weighted by Gasteiger charge is 2.22. The zero-order valence-electron chi connectivity index (χ0n) is 15.8. The van der Waals surface area contributed by atoms with Gasteiger partial charge in [0.1, 0.15) is 5.82 Å². The van der Waals surface area contributed by atoms with E-state index in [0.29, 0.717) is 5.11 Å². The summed E-state index contributed by atoms with van der Waals surface area (Å²) in [6.45, 7) is 8.90. The fourth-order valence-corrected chi connectivity index (χ4v) is 3.98. The number of benzene rings is 1. The molecule has 1 aromatic carbocycles. The van der Waals surface area contributed by atoms with Gasteiger partial charge >= 0.3 is 0 Å². The molecule has 2 aromatic rings. The first-order valence-corrected chi connectivity index (χ1v) is 9.75. The van der Waals surface area contributed by atoms with Crippen LogP contribution in [-0.4, -0.2) is 23.2 Å². The van der Waals surface area contributed by atoms with Gasteiger partial charge in [-0.25, -0.2) is 4.98 Å². The van der Waals surface area contributed by atoms with Crippen LogP contribution in [0.4, 0.5) is 11.5 Å². The second-order valence-electron chi connectivity index (χ2n) is 7.49. The Kier molecular flexibility index (Phi) is 6.09. The highest BCUT2D eigenvalue weighted by molar-refractivity contribution is 7.80. The van der Waals surface area contributed by atoms with E-state index in [1.54, 1.807) is 0 Å². The average Bonchev–Trinajstić information content (AvgIpc) is 2.62. The summed E-state index contributed by atoms with van der Waals surface area (Å²) < 4.78 is 0. The second kappa shape index (κ2) is 8.49. The minimum atomic E-state index is 0.153. The van der Waals surface area contributed by atoms with Gasteiger partial charge in [0.15, 0.2) is 5.11 Å². The van der Waals surface area contributed by atoms with E-state index in [2.05, 4.69) is 59.5 Å². The molecule has 0 saturated carbocycles. The highest BCUT2D eigenvalue weighted by Crippen LogP contribution is 2.25. The summed E-state index contributed by atoms with van der Waals surface area (Å²) in [6, 6.07) is 14.6. The number of hydrogen-bond acceptors (Lipinski definition) is 3. The first-order valence-electron chi connectivity index (χ1n) is 9.34. The number of hydrogen-bond donors (Lipinski definition) is 2. The van der Waals surface area contributed by atoms with Gasteiger partial charge in [-0.3, -0.25) is 0 Å². The van der Waals surface area contributed by atoms with Gasteiger partial charge in [-0.05, 0) is 55.1 Å². The van der Waals surface area contributed by atoms with Gasteiger partial charge < -0.3 is 15.5 Å². The number of nitrogens with one attached hydrogen (secondary N) is 2. The van der Waals surface area contributed by atoms with Crippen LogP contribution in [0.25, 0.3) is 0 Å². The van der Waals surface area contributed by atoms with Crippen LogP contribution in [0, 0.1) is 11.8 Å². The van der Waals surface area contributed by atoms with Gasteiger partial charge in [-0.1, -0.05) is 44.2 Å². The van der Waals surface area contributed by atoms with Crippen molar-refractivity contribution in [1.29, 1.82) is 0 Å². The molecule has 4 nitrogen and oxygen atoms in total. The van der Waals surface area contributed by atoms with Crippen molar-refractivity contribution in [3.63, 3.8) is 0 Å². The number of thiocarbonyl (C=S) groups is 1. The van der Waals surface area contributed by atoms with E-state index < -0.39 is 0 Å². The smallest absolute Gasteiger partial charge is 0.171 e. The van der Waals surface area contributed by atoms with Gasteiger partial charge in [-0.15, -0.1) is 0 Å². The van der Waals surface area contributed by atoms with E-state index in [-0.39, 0.29) is 6.04 Å². The minimum absolute atomic E-state index is 0.153. The van der Waals surface area contributed by atoms with Gasteiger partial charge in [0, 0.05) is 13.1 Å². The molecule has 3 rings (SSSR count). The van der Waals surface area contributed by atoms with E-state index >= 15 is 0 Å². The van der Waals surface area contributed by atoms with E-state index in [0.717, 1.165) is 36.4 Å². The van der Waals surface area contributed by atoms with Gasteiger partial charge in [0.05, 0.1) is 17.9 Å². The monoisotopic (exact) mass is 368 g/mol. The Balaban J connectivity index is 1.56. The Bertz CT molecular complexity index is 707. The van der Waals surface area contributed by atoms with Crippen molar-refractivity contribution in [3.8, 4) is 0 Å². The molecule has 3 unspecified atom stereocenters. The van der Waals surface area contributed by atoms with Crippen LogP contribution in [-0.2, 0) is 0 Å². The molecule has 1 aliphatic heterocycles. The summed E-state index contributed by atoms with van der Waals surface area (Å²) in [6.07, 6.45) is 3.16. The molecule has 1 aromatic heterocycles. The van der Waals surface area contributed by atoms with Crippen molar-refractivity contribution in [2.45, 2.75) is 33.2 Å². The number of pyridine rings is 1. The Labute approximate surface area is 162 Å². The molecular weight excluding hydrogens is 340 g/mol. The van der Waals surface area contributed by atoms with Crippen LogP contribution in [0.15, 0.2) is 48.7 Å². The number of aromatic nitrogens is 1. The minimum Gasteiger partial charge on any atom is -0.356 e. The maximum absolute atomic E-state index is 5.44. The molecule has 0 spiro atoms. The third kappa shape index (κ3) is 4.94. The van der Waals surface area contributed by atoms with Crippen LogP contribution in [0.5, 0.6) is 0 Å². The lowest BCUT2D eigenvalue weighted by Gasteiger charge is -2.35. The third-order valence-corrected chi connectivity index (χ3v) is 5.07. The van der Waals surface area contributed by atoms with Crippen molar-refractivity contribution in [3.05, 3.63) is 54.2 Å². The van der Waals surface area contributed by atoms with E-state index in [1.807, 2.05) is 30.5 Å². The molecule has 0 bridgehead atoms. The summed E-state index contributed by atoms with van der Waals surface area (Å²) >= 11 is 5.44. The zero-order chi connectivity index (χ0) is 18.5. The van der Waals surface area contributed by atoms with Crippen LogP contribution in [0.1, 0.15) is 38.8 Å². The van der Waals surface area contributed by atoms with Crippen molar-refractivity contribution in [1.82, 2.24) is 10.3 Å². The molecule has 26 heavy (non-hydrogen) atoms. The summed E-state index contributed by atoms with van der Waals surface area (Å²) in [5.74, 6) is 2.48. The zero-order valence-corrected chi connectivity index (χ0v) is 16.6. The van der Waals surface area contributed by atoms with E-state index in [4.69, 9.17) is 12.2 Å². The fourth-order valence-electron chi connectivity index (χ4n) is 3.69. The standard InChI is InChI=1S/C21H28N4S/c1-15-11-16(2)14-25(13-15)20-10-9-19(12-22-20)24-21(26)23-17(3)18-7-5-4-6-8-18/h4-10,12,15-17H,11,13-14H2,1-3H3,(H2,23,24,26). The summed E-state index contributed by atoms with van der Waals surface area (Å²) in [5.41, 5.74) is 2.11. The largest absolute Gasteiger partial charge is 0.356 e. The lowest BCUT2D eigenvalue weighted by molar-refractivity contribution is 0.355. The number of piperidine rings is 1. The third-order valence-electron chi connectivity index (χ3n) is 4.85. The fraction of sp³-hybridized carbons (Fsp3) is 0.429. The van der Waals surface area contributed by atoms with E-state index in [9.17, 15) is 0 Å². The average molecular weight is 369 g/mol. The van der Waals surface area contributed by atoms with Gasteiger partial charge in [-0.2, -0.15) is 0 Å². The molecule has 1 fully saturated rings. The van der Waals surface area contributed by atoms with Crippen LogP contribution < -0.4 is 15.5 Å². The Morgan fingerprint density at radius 1 is 1.12 bits per heavy atom. The molecule has 1 saturated heterocycles. The predicted molar refractivity (Wildman–Crippen MR) is 114 cm³/mol. The predicted octanol–water partition coefficient (Wildman–Crippen LogP) is 4.61. The molecule has 3 atom stereocenters. The second-order valence-corrected chi connectivity index (χ2v) is 7.90. The molecule has 0 amide bonds. The molecule has 138 valence electrons. The maximum atomic E-state index is 5.44. The molecule has 2 heterocycles. The molecule has 1 aliphatic rings. The molecule has 5 heteroatoms. The summed E-state index contributed by atoms with van der Waals surface area (Å²) in [4.78, 5) is 7.02. The van der Waals surface area contributed by atoms with Gasteiger partial charge in [0.2, 0.25) is 0 Å². The lowest BCUT2D eigenvalue weighted by atomic mass is 9.92.